The highest BCUT2D eigenvalue weighted by Gasteiger charge is 2.34. The van der Waals surface area contributed by atoms with E-state index in [2.05, 4.69) is 23.7 Å². The summed E-state index contributed by atoms with van der Waals surface area (Å²) in [6.07, 6.45) is 1.56. The molecule has 2 N–H and O–H groups in total. The molecule has 6 nitrogen and oxygen atoms in total. The summed E-state index contributed by atoms with van der Waals surface area (Å²) >= 11 is 0. The highest BCUT2D eigenvalue weighted by molar-refractivity contribution is 5.96. The summed E-state index contributed by atoms with van der Waals surface area (Å²) in [5.74, 6) is 0.204. The molecule has 6 heteroatoms. The molecule has 0 aliphatic carbocycles. The van der Waals surface area contributed by atoms with Crippen molar-refractivity contribution in [2.24, 2.45) is 0 Å². The minimum atomic E-state index is -0.399. The highest BCUT2D eigenvalue weighted by Crippen LogP contribution is 2.29. The van der Waals surface area contributed by atoms with E-state index in [1.54, 1.807) is 19.2 Å². The summed E-state index contributed by atoms with van der Waals surface area (Å²) in [6.45, 7) is 8.07. The van der Waals surface area contributed by atoms with Gasteiger partial charge in [0.1, 0.15) is 11.4 Å². The van der Waals surface area contributed by atoms with Crippen molar-refractivity contribution in [3.8, 4) is 0 Å². The molecule has 0 atom stereocenters. The quantitative estimate of drug-likeness (QED) is 0.844. The van der Waals surface area contributed by atoms with Gasteiger partial charge in [0, 0.05) is 6.54 Å². The van der Waals surface area contributed by atoms with Gasteiger partial charge in [0.15, 0.2) is 0 Å². The van der Waals surface area contributed by atoms with Crippen LogP contribution in [0.5, 0.6) is 0 Å². The monoisotopic (exact) mass is 279 g/mol. The van der Waals surface area contributed by atoms with Crippen LogP contribution in [0.2, 0.25) is 0 Å². The van der Waals surface area contributed by atoms with E-state index in [1.807, 2.05) is 0 Å². The van der Waals surface area contributed by atoms with Crippen molar-refractivity contribution in [1.29, 1.82) is 0 Å². The van der Waals surface area contributed by atoms with Crippen LogP contribution in [0.1, 0.15) is 31.1 Å². The highest BCUT2D eigenvalue weighted by atomic mass is 16.5. The molecule has 1 aromatic heterocycles. The molecule has 1 saturated heterocycles. The van der Waals surface area contributed by atoms with Crippen LogP contribution < -0.4 is 10.6 Å². The summed E-state index contributed by atoms with van der Waals surface area (Å²) in [6, 6.07) is 1.62. The summed E-state index contributed by atoms with van der Waals surface area (Å²) < 4.78 is 10.6. The van der Waals surface area contributed by atoms with Crippen molar-refractivity contribution in [2.75, 3.05) is 37.0 Å². The van der Waals surface area contributed by atoms with Crippen molar-refractivity contribution < 1.29 is 14.3 Å². The molecular weight excluding hydrogens is 258 g/mol. The third kappa shape index (κ3) is 2.85. The third-order valence-corrected chi connectivity index (χ3v) is 3.28. The van der Waals surface area contributed by atoms with Crippen LogP contribution in [-0.2, 0) is 9.47 Å². The lowest BCUT2D eigenvalue weighted by Gasteiger charge is -2.43. The Bertz CT molecular complexity index is 502. The fourth-order valence-corrected chi connectivity index (χ4v) is 2.30. The maximum atomic E-state index is 12.1. The number of carbonyl (C=O) groups is 1. The molecule has 0 saturated carbocycles. The molecule has 2 rings (SSSR count). The molecule has 0 bridgehead atoms. The Kier molecular flexibility index (Phi) is 4.13. The Hall–Kier alpha value is -1.82. The zero-order valence-electron chi connectivity index (χ0n) is 12.2. The molecule has 0 radical (unpaired) electrons. The summed E-state index contributed by atoms with van der Waals surface area (Å²) in [4.78, 5) is 18.5. The van der Waals surface area contributed by atoms with Crippen LogP contribution in [0.4, 0.5) is 11.5 Å². The number of nitrogen functional groups attached to an aromatic ring is 1. The van der Waals surface area contributed by atoms with Crippen LogP contribution in [0.15, 0.2) is 12.3 Å². The second kappa shape index (κ2) is 5.66. The fraction of sp³-hybridized carbons (Fsp3) is 0.571. The summed E-state index contributed by atoms with van der Waals surface area (Å²) in [5.41, 5.74) is 6.36. The molecule has 1 aliphatic heterocycles. The van der Waals surface area contributed by atoms with Crippen LogP contribution in [0.3, 0.4) is 0 Å². The Balaban J connectivity index is 2.42. The lowest BCUT2D eigenvalue weighted by atomic mass is 10.0. The first-order valence-corrected chi connectivity index (χ1v) is 6.73. The van der Waals surface area contributed by atoms with Gasteiger partial charge in [0.2, 0.25) is 0 Å². The number of esters is 1. The van der Waals surface area contributed by atoms with E-state index < -0.39 is 5.97 Å². The van der Waals surface area contributed by atoms with E-state index in [0.717, 1.165) is 0 Å². The number of anilines is 2. The van der Waals surface area contributed by atoms with E-state index >= 15 is 0 Å². The number of carbonyl (C=O) groups excluding carboxylic acids is 1. The molecule has 20 heavy (non-hydrogen) atoms. The average Bonchev–Trinajstić information content (AvgIpc) is 2.39. The number of aromatic nitrogens is 1. The fourth-order valence-electron chi connectivity index (χ4n) is 2.30. The number of morpholine rings is 1. The normalized spacial score (nSPS) is 17.9. The lowest BCUT2D eigenvalue weighted by Crippen LogP contribution is -2.54. The first-order valence-electron chi connectivity index (χ1n) is 6.73. The minimum Gasteiger partial charge on any atom is -0.462 e. The molecule has 1 aliphatic rings. The molecule has 110 valence electrons. The van der Waals surface area contributed by atoms with Crippen LogP contribution in [0.25, 0.3) is 0 Å². The van der Waals surface area contributed by atoms with E-state index in [0.29, 0.717) is 43.4 Å². The van der Waals surface area contributed by atoms with Crippen molar-refractivity contribution >= 4 is 17.5 Å². The van der Waals surface area contributed by atoms with Gasteiger partial charge in [-0.3, -0.25) is 0 Å². The van der Waals surface area contributed by atoms with Crippen molar-refractivity contribution in [3.63, 3.8) is 0 Å². The van der Waals surface area contributed by atoms with Gasteiger partial charge in [0.05, 0.1) is 37.2 Å². The molecule has 2 heterocycles. The maximum absolute atomic E-state index is 12.1. The van der Waals surface area contributed by atoms with E-state index in [1.165, 1.54) is 0 Å². The van der Waals surface area contributed by atoms with Gasteiger partial charge in [-0.25, -0.2) is 9.78 Å². The topological polar surface area (TPSA) is 77.7 Å². The van der Waals surface area contributed by atoms with Crippen molar-refractivity contribution in [3.05, 3.63) is 17.8 Å². The molecule has 0 spiro atoms. The zero-order chi connectivity index (χ0) is 14.8. The summed E-state index contributed by atoms with van der Waals surface area (Å²) in [5, 5.41) is 0. The van der Waals surface area contributed by atoms with Crippen LogP contribution >= 0.6 is 0 Å². The predicted molar refractivity (Wildman–Crippen MR) is 76.8 cm³/mol. The molecule has 0 amide bonds. The Labute approximate surface area is 118 Å². The van der Waals surface area contributed by atoms with Gasteiger partial charge < -0.3 is 20.1 Å². The first kappa shape index (κ1) is 14.6. The van der Waals surface area contributed by atoms with Crippen LogP contribution in [0, 0.1) is 0 Å². The zero-order valence-corrected chi connectivity index (χ0v) is 12.2. The Morgan fingerprint density at radius 1 is 1.60 bits per heavy atom. The number of hydrogen-bond acceptors (Lipinski definition) is 6. The Morgan fingerprint density at radius 2 is 2.35 bits per heavy atom. The average molecular weight is 279 g/mol. The second-order valence-electron chi connectivity index (χ2n) is 5.38. The number of hydrogen-bond donors (Lipinski definition) is 1. The lowest BCUT2D eigenvalue weighted by molar-refractivity contribution is 0.0517. The number of pyridine rings is 1. The third-order valence-electron chi connectivity index (χ3n) is 3.28. The minimum absolute atomic E-state index is 0.234. The van der Waals surface area contributed by atoms with Crippen molar-refractivity contribution in [1.82, 2.24) is 4.98 Å². The van der Waals surface area contributed by atoms with Gasteiger partial charge >= 0.3 is 5.97 Å². The van der Waals surface area contributed by atoms with E-state index in [4.69, 9.17) is 15.2 Å². The van der Waals surface area contributed by atoms with E-state index in [-0.39, 0.29) is 5.54 Å². The van der Waals surface area contributed by atoms with Gasteiger partial charge in [-0.2, -0.15) is 0 Å². The van der Waals surface area contributed by atoms with Crippen molar-refractivity contribution in [2.45, 2.75) is 26.3 Å². The first-order chi connectivity index (χ1) is 9.45. The van der Waals surface area contributed by atoms with Gasteiger partial charge in [0.25, 0.3) is 0 Å². The molecule has 0 unspecified atom stereocenters. The summed E-state index contributed by atoms with van der Waals surface area (Å²) in [7, 11) is 0. The maximum Gasteiger partial charge on any atom is 0.341 e. The Morgan fingerprint density at radius 3 is 3.00 bits per heavy atom. The smallest absolute Gasteiger partial charge is 0.341 e. The van der Waals surface area contributed by atoms with Gasteiger partial charge in [-0.15, -0.1) is 0 Å². The number of nitrogens with zero attached hydrogens (tertiary/aromatic N) is 2. The molecule has 1 fully saturated rings. The number of ether oxygens (including phenoxy) is 2. The van der Waals surface area contributed by atoms with Crippen LogP contribution in [-0.4, -0.2) is 42.9 Å². The van der Waals surface area contributed by atoms with Gasteiger partial charge in [-0.1, -0.05) is 0 Å². The number of nitrogens with two attached hydrogens (primary N) is 1. The second-order valence-corrected chi connectivity index (χ2v) is 5.38. The van der Waals surface area contributed by atoms with Gasteiger partial charge in [-0.05, 0) is 26.8 Å². The molecular formula is C14H21N3O3. The van der Waals surface area contributed by atoms with E-state index in [9.17, 15) is 4.79 Å². The number of rotatable bonds is 3. The standard InChI is InChI=1S/C14H21N3O3/c1-4-20-13(18)11-7-10(15)8-16-12(11)17-5-6-19-9-14(17,2)3/h7-8H,4-6,9,15H2,1-3H3. The largest absolute Gasteiger partial charge is 0.462 e. The molecule has 1 aromatic rings. The SMILES string of the molecule is CCOC(=O)c1cc(N)cnc1N1CCOCC1(C)C. The predicted octanol–water partition coefficient (Wildman–Crippen LogP) is 1.46. The molecule has 0 aromatic carbocycles.